The van der Waals surface area contributed by atoms with E-state index in [0.717, 1.165) is 5.69 Å². The lowest BCUT2D eigenvalue weighted by Gasteiger charge is -2.36. The summed E-state index contributed by atoms with van der Waals surface area (Å²) < 4.78 is 45.0. The number of aromatic nitrogens is 1. The minimum absolute atomic E-state index is 0.103. The first-order chi connectivity index (χ1) is 13.3. The molecule has 1 aromatic carbocycles. The standard InChI is InChI=1S/C19H20FN3O4S/c1-12-9-14(27-11-20)4-6-17(12)28(25,26)22-7-8-23-16(10-22)18-15(19(23)24)5-3-13(2)21-18/h3-6,9,16H,7-8,10-11H2,1-2H3. The summed E-state index contributed by atoms with van der Waals surface area (Å²) in [6, 6.07) is 7.52. The lowest BCUT2D eigenvalue weighted by Crippen LogP contribution is -2.49. The molecule has 0 spiro atoms. The third kappa shape index (κ3) is 2.94. The van der Waals surface area contributed by atoms with Crippen LogP contribution in [0.5, 0.6) is 5.75 Å². The summed E-state index contributed by atoms with van der Waals surface area (Å²) in [7, 11) is -3.77. The largest absolute Gasteiger partial charge is 0.463 e. The number of hydrogen-bond donors (Lipinski definition) is 0. The minimum atomic E-state index is -3.77. The van der Waals surface area contributed by atoms with E-state index in [-0.39, 0.29) is 35.7 Å². The second-order valence-corrected chi connectivity index (χ2v) is 8.85. The van der Waals surface area contributed by atoms with E-state index < -0.39 is 16.9 Å². The summed E-state index contributed by atoms with van der Waals surface area (Å²) in [6.45, 7) is 3.18. The van der Waals surface area contributed by atoms with Gasteiger partial charge in [0, 0.05) is 25.3 Å². The molecular formula is C19H20FN3O4S. The fourth-order valence-corrected chi connectivity index (χ4v) is 5.47. The van der Waals surface area contributed by atoms with Gasteiger partial charge in [-0.3, -0.25) is 9.78 Å². The maximum absolute atomic E-state index is 13.2. The predicted molar refractivity (Wildman–Crippen MR) is 99.3 cm³/mol. The highest BCUT2D eigenvalue weighted by molar-refractivity contribution is 7.89. The van der Waals surface area contributed by atoms with Gasteiger partial charge in [0.05, 0.1) is 22.2 Å². The van der Waals surface area contributed by atoms with Crippen molar-refractivity contribution in [3.63, 3.8) is 0 Å². The number of carbonyl (C=O) groups is 1. The molecule has 0 N–H and O–H groups in total. The van der Waals surface area contributed by atoms with E-state index in [1.807, 2.05) is 6.92 Å². The third-order valence-corrected chi connectivity index (χ3v) is 7.22. The Hall–Kier alpha value is -2.52. The molecule has 1 unspecified atom stereocenters. The van der Waals surface area contributed by atoms with Crippen molar-refractivity contribution in [1.29, 1.82) is 0 Å². The number of benzene rings is 1. The van der Waals surface area contributed by atoms with Crippen LogP contribution in [0.1, 0.15) is 33.4 Å². The van der Waals surface area contributed by atoms with Crippen molar-refractivity contribution < 1.29 is 22.3 Å². The Bertz CT molecular complexity index is 1060. The monoisotopic (exact) mass is 405 g/mol. The van der Waals surface area contributed by atoms with Crippen LogP contribution in [0, 0.1) is 13.8 Å². The van der Waals surface area contributed by atoms with E-state index in [2.05, 4.69) is 4.98 Å². The van der Waals surface area contributed by atoms with Gasteiger partial charge < -0.3 is 9.64 Å². The maximum atomic E-state index is 13.2. The van der Waals surface area contributed by atoms with Crippen LogP contribution in [0.3, 0.4) is 0 Å². The molecule has 0 aliphatic carbocycles. The van der Waals surface area contributed by atoms with Gasteiger partial charge >= 0.3 is 0 Å². The van der Waals surface area contributed by atoms with Crippen molar-refractivity contribution in [3.05, 3.63) is 52.8 Å². The van der Waals surface area contributed by atoms with Gasteiger partial charge in [-0.25, -0.2) is 12.8 Å². The number of alkyl halides is 1. The van der Waals surface area contributed by atoms with E-state index in [4.69, 9.17) is 4.74 Å². The first-order valence-electron chi connectivity index (χ1n) is 8.91. The number of fused-ring (bicyclic) bond motifs is 3. The summed E-state index contributed by atoms with van der Waals surface area (Å²) in [6.07, 6.45) is 0. The number of nitrogens with zero attached hydrogens (tertiary/aromatic N) is 3. The van der Waals surface area contributed by atoms with Crippen LogP contribution in [0.4, 0.5) is 4.39 Å². The molecule has 4 rings (SSSR count). The molecule has 0 bridgehead atoms. The Morgan fingerprint density at radius 1 is 1.21 bits per heavy atom. The zero-order valence-corrected chi connectivity index (χ0v) is 16.4. The van der Waals surface area contributed by atoms with E-state index in [9.17, 15) is 17.6 Å². The number of hydrogen-bond acceptors (Lipinski definition) is 5. The first-order valence-corrected chi connectivity index (χ1v) is 10.3. The molecule has 1 atom stereocenters. The number of piperazine rings is 1. The molecule has 2 aliphatic rings. The molecule has 2 aliphatic heterocycles. The number of sulfonamides is 1. The number of amides is 1. The highest BCUT2D eigenvalue weighted by Crippen LogP contribution is 2.37. The van der Waals surface area contributed by atoms with Gasteiger partial charge in [0.2, 0.25) is 16.9 Å². The summed E-state index contributed by atoms with van der Waals surface area (Å²) in [5.74, 6) is 0.173. The molecule has 0 saturated carbocycles. The van der Waals surface area contributed by atoms with Gasteiger partial charge in [-0.15, -0.1) is 0 Å². The lowest BCUT2D eigenvalue weighted by atomic mass is 10.1. The number of rotatable bonds is 4. The Morgan fingerprint density at radius 2 is 2.00 bits per heavy atom. The van der Waals surface area contributed by atoms with Crippen molar-refractivity contribution in [2.24, 2.45) is 0 Å². The van der Waals surface area contributed by atoms with Crippen molar-refractivity contribution >= 4 is 15.9 Å². The fraction of sp³-hybridized carbons (Fsp3) is 0.368. The van der Waals surface area contributed by atoms with Crippen LogP contribution in [-0.4, -0.2) is 55.0 Å². The minimum Gasteiger partial charge on any atom is -0.463 e. The van der Waals surface area contributed by atoms with Crippen LogP contribution in [-0.2, 0) is 10.0 Å². The van der Waals surface area contributed by atoms with Crippen molar-refractivity contribution in [1.82, 2.24) is 14.2 Å². The summed E-state index contributed by atoms with van der Waals surface area (Å²) >= 11 is 0. The van der Waals surface area contributed by atoms with Gasteiger partial charge in [0.15, 0.2) is 0 Å². The summed E-state index contributed by atoms with van der Waals surface area (Å²) in [5.41, 5.74) is 2.44. The van der Waals surface area contributed by atoms with Gasteiger partial charge in [-0.1, -0.05) is 0 Å². The zero-order valence-electron chi connectivity index (χ0n) is 15.6. The summed E-state index contributed by atoms with van der Waals surface area (Å²) in [4.78, 5) is 18.9. The fourth-order valence-electron chi connectivity index (χ4n) is 3.82. The molecular weight excluding hydrogens is 385 g/mol. The first kappa shape index (κ1) is 18.8. The molecule has 0 radical (unpaired) electrons. The number of ether oxygens (including phenoxy) is 1. The topological polar surface area (TPSA) is 79.8 Å². The van der Waals surface area contributed by atoms with E-state index in [0.29, 0.717) is 23.4 Å². The smallest absolute Gasteiger partial charge is 0.256 e. The molecule has 28 heavy (non-hydrogen) atoms. The average molecular weight is 405 g/mol. The number of aryl methyl sites for hydroxylation is 2. The zero-order chi connectivity index (χ0) is 20.1. The van der Waals surface area contributed by atoms with Gasteiger partial charge in [-0.2, -0.15) is 4.31 Å². The Balaban J connectivity index is 1.65. The van der Waals surface area contributed by atoms with Gasteiger partial charge in [-0.05, 0) is 49.7 Å². The normalized spacial score (nSPS) is 19.5. The van der Waals surface area contributed by atoms with Crippen LogP contribution in [0.15, 0.2) is 35.2 Å². The van der Waals surface area contributed by atoms with E-state index >= 15 is 0 Å². The van der Waals surface area contributed by atoms with E-state index in [1.54, 1.807) is 24.0 Å². The third-order valence-electron chi connectivity index (χ3n) is 5.20. The molecule has 148 valence electrons. The van der Waals surface area contributed by atoms with Crippen LogP contribution in [0.25, 0.3) is 0 Å². The Labute approximate surface area is 162 Å². The number of halogens is 1. The summed E-state index contributed by atoms with van der Waals surface area (Å²) in [5, 5.41) is 0. The second kappa shape index (κ2) is 6.82. The lowest BCUT2D eigenvalue weighted by molar-refractivity contribution is 0.0625. The molecule has 1 amide bonds. The van der Waals surface area contributed by atoms with Crippen LogP contribution < -0.4 is 4.74 Å². The van der Waals surface area contributed by atoms with Crippen LogP contribution in [0.2, 0.25) is 0 Å². The molecule has 7 nitrogen and oxygen atoms in total. The average Bonchev–Trinajstić information content (AvgIpc) is 2.93. The number of carbonyl (C=O) groups excluding carboxylic acids is 1. The Kier molecular flexibility index (Phi) is 4.59. The molecule has 1 fully saturated rings. The van der Waals surface area contributed by atoms with Crippen molar-refractivity contribution in [2.45, 2.75) is 24.8 Å². The molecule has 1 aromatic heterocycles. The molecule has 3 heterocycles. The number of pyridine rings is 1. The van der Waals surface area contributed by atoms with Crippen molar-refractivity contribution in [2.75, 3.05) is 26.5 Å². The van der Waals surface area contributed by atoms with Crippen molar-refractivity contribution in [3.8, 4) is 5.75 Å². The molecule has 9 heteroatoms. The highest BCUT2D eigenvalue weighted by Gasteiger charge is 2.44. The Morgan fingerprint density at radius 3 is 2.71 bits per heavy atom. The van der Waals surface area contributed by atoms with Gasteiger partial charge in [0.1, 0.15) is 5.75 Å². The molecule has 2 aromatic rings. The quantitative estimate of drug-likeness (QED) is 0.779. The SMILES string of the molecule is Cc1ccc2c(n1)C1CN(S(=O)(=O)c3ccc(OCF)cc3C)CCN1C2=O. The maximum Gasteiger partial charge on any atom is 0.256 e. The second-order valence-electron chi connectivity index (χ2n) is 6.94. The molecule has 1 saturated heterocycles. The van der Waals surface area contributed by atoms with Crippen LogP contribution >= 0.6 is 0 Å². The van der Waals surface area contributed by atoms with E-state index in [1.165, 1.54) is 22.5 Å². The predicted octanol–water partition coefficient (Wildman–Crippen LogP) is 2.21. The van der Waals surface area contributed by atoms with Gasteiger partial charge in [0.25, 0.3) is 5.91 Å². The highest BCUT2D eigenvalue weighted by atomic mass is 32.2.